The van der Waals surface area contributed by atoms with Gasteiger partial charge in [0, 0.05) is 29.8 Å². The number of hydrogen-bond acceptors (Lipinski definition) is 2. The molecule has 0 bridgehead atoms. The predicted molar refractivity (Wildman–Crippen MR) is 81.7 cm³/mol. The number of hydrogen-bond donors (Lipinski definition) is 1. The number of nitrogens with zero attached hydrogens (tertiary/aromatic N) is 1. The summed E-state index contributed by atoms with van der Waals surface area (Å²) in [7, 11) is 1.95. The molecule has 0 radical (unpaired) electrons. The summed E-state index contributed by atoms with van der Waals surface area (Å²) in [5.41, 5.74) is 2.39. The first-order valence-corrected chi connectivity index (χ1v) is 7.23. The van der Waals surface area contributed by atoms with Gasteiger partial charge in [-0.25, -0.2) is 0 Å². The number of unbranched alkanes of at least 4 members (excludes halogenated alkanes) is 1. The highest BCUT2D eigenvalue weighted by atomic mass is 35.5. The van der Waals surface area contributed by atoms with Gasteiger partial charge in [0.05, 0.1) is 0 Å². The van der Waals surface area contributed by atoms with Crippen molar-refractivity contribution in [2.45, 2.75) is 39.7 Å². The lowest BCUT2D eigenvalue weighted by atomic mass is 10.1. The van der Waals surface area contributed by atoms with Crippen LogP contribution in [0.1, 0.15) is 45.2 Å². The Hall–Kier alpha value is -0.730. The van der Waals surface area contributed by atoms with Crippen LogP contribution >= 0.6 is 11.6 Å². The van der Waals surface area contributed by atoms with E-state index in [0.717, 1.165) is 23.7 Å². The average molecular weight is 269 g/mol. The van der Waals surface area contributed by atoms with Gasteiger partial charge in [-0.15, -0.1) is 0 Å². The van der Waals surface area contributed by atoms with Crippen molar-refractivity contribution in [2.24, 2.45) is 0 Å². The SMILES string of the molecule is CCCCN(CC)c1ccc(C(C)NC)c(Cl)c1. The summed E-state index contributed by atoms with van der Waals surface area (Å²) in [6.07, 6.45) is 2.44. The molecule has 2 nitrogen and oxygen atoms in total. The van der Waals surface area contributed by atoms with Crippen LogP contribution in [0.4, 0.5) is 5.69 Å². The fraction of sp³-hybridized carbons (Fsp3) is 0.600. The zero-order valence-electron chi connectivity index (χ0n) is 12.0. The van der Waals surface area contributed by atoms with Crippen molar-refractivity contribution in [3.8, 4) is 0 Å². The smallest absolute Gasteiger partial charge is 0.0474 e. The maximum absolute atomic E-state index is 6.37. The van der Waals surface area contributed by atoms with Crippen molar-refractivity contribution in [1.29, 1.82) is 0 Å². The number of nitrogens with one attached hydrogen (secondary N) is 1. The van der Waals surface area contributed by atoms with E-state index in [1.807, 2.05) is 7.05 Å². The molecule has 0 amide bonds. The number of anilines is 1. The summed E-state index contributed by atoms with van der Waals surface area (Å²) >= 11 is 6.37. The second kappa shape index (κ2) is 7.65. The van der Waals surface area contributed by atoms with Gasteiger partial charge in [0.15, 0.2) is 0 Å². The summed E-state index contributed by atoms with van der Waals surface area (Å²) in [4.78, 5) is 2.38. The van der Waals surface area contributed by atoms with E-state index in [1.165, 1.54) is 18.5 Å². The molecule has 102 valence electrons. The Morgan fingerprint density at radius 1 is 1.33 bits per heavy atom. The summed E-state index contributed by atoms with van der Waals surface area (Å²) in [5, 5.41) is 4.07. The lowest BCUT2D eigenvalue weighted by molar-refractivity contribution is 0.652. The van der Waals surface area contributed by atoms with Crippen LogP contribution in [-0.2, 0) is 0 Å². The second-order valence-electron chi connectivity index (χ2n) is 4.65. The minimum Gasteiger partial charge on any atom is -0.372 e. The molecule has 0 aliphatic carbocycles. The molecule has 1 rings (SSSR count). The summed E-state index contributed by atoms with van der Waals surface area (Å²) in [5.74, 6) is 0. The van der Waals surface area contributed by atoms with Crippen LogP contribution in [-0.4, -0.2) is 20.1 Å². The maximum Gasteiger partial charge on any atom is 0.0474 e. The topological polar surface area (TPSA) is 15.3 Å². The van der Waals surface area contributed by atoms with Crippen LogP contribution in [0.2, 0.25) is 5.02 Å². The van der Waals surface area contributed by atoms with Crippen molar-refractivity contribution in [3.05, 3.63) is 28.8 Å². The van der Waals surface area contributed by atoms with Gasteiger partial charge >= 0.3 is 0 Å². The van der Waals surface area contributed by atoms with Crippen molar-refractivity contribution < 1.29 is 0 Å². The van der Waals surface area contributed by atoms with Crippen LogP contribution in [0.5, 0.6) is 0 Å². The third-order valence-corrected chi connectivity index (χ3v) is 3.74. The summed E-state index contributed by atoms with van der Waals surface area (Å²) < 4.78 is 0. The fourth-order valence-corrected chi connectivity index (χ4v) is 2.38. The molecule has 3 heteroatoms. The number of halogens is 1. The van der Waals surface area contributed by atoms with Crippen LogP contribution < -0.4 is 10.2 Å². The van der Waals surface area contributed by atoms with Crippen molar-refractivity contribution >= 4 is 17.3 Å². The Kier molecular flexibility index (Phi) is 6.51. The molecule has 1 atom stereocenters. The molecule has 0 heterocycles. The molecular weight excluding hydrogens is 244 g/mol. The first-order chi connectivity index (χ1) is 8.63. The molecule has 0 aliphatic rings. The molecule has 1 aromatic carbocycles. The highest BCUT2D eigenvalue weighted by molar-refractivity contribution is 6.31. The summed E-state index contributed by atoms with van der Waals surface area (Å²) in [6, 6.07) is 6.68. The second-order valence-corrected chi connectivity index (χ2v) is 5.06. The molecule has 0 saturated carbocycles. The van der Waals surface area contributed by atoms with Gasteiger partial charge in [-0.3, -0.25) is 0 Å². The molecule has 1 aromatic rings. The van der Waals surface area contributed by atoms with E-state index in [9.17, 15) is 0 Å². The van der Waals surface area contributed by atoms with E-state index in [-0.39, 0.29) is 6.04 Å². The van der Waals surface area contributed by atoms with Gasteiger partial charge in [-0.2, -0.15) is 0 Å². The molecule has 0 fully saturated rings. The highest BCUT2D eigenvalue weighted by Gasteiger charge is 2.10. The lowest BCUT2D eigenvalue weighted by Crippen LogP contribution is -2.24. The third-order valence-electron chi connectivity index (χ3n) is 3.41. The maximum atomic E-state index is 6.37. The number of rotatable bonds is 7. The minimum absolute atomic E-state index is 0.289. The Balaban J connectivity index is 2.87. The molecule has 0 aromatic heterocycles. The highest BCUT2D eigenvalue weighted by Crippen LogP contribution is 2.27. The normalized spacial score (nSPS) is 12.5. The third kappa shape index (κ3) is 3.89. The molecule has 1 unspecified atom stereocenters. The standard InChI is InChI=1S/C15H25ClN2/c1-5-7-10-18(6-2)13-8-9-14(12(3)17-4)15(16)11-13/h8-9,11-12,17H,5-7,10H2,1-4H3. The van der Waals surface area contributed by atoms with Gasteiger partial charge < -0.3 is 10.2 Å². The van der Waals surface area contributed by atoms with Crippen LogP contribution in [0.15, 0.2) is 18.2 Å². The van der Waals surface area contributed by atoms with Crippen molar-refractivity contribution in [3.63, 3.8) is 0 Å². The van der Waals surface area contributed by atoms with E-state index in [1.54, 1.807) is 0 Å². The van der Waals surface area contributed by atoms with E-state index in [2.05, 4.69) is 49.2 Å². The zero-order chi connectivity index (χ0) is 13.5. The first kappa shape index (κ1) is 15.3. The molecule has 0 aliphatic heterocycles. The molecule has 1 N–H and O–H groups in total. The fourth-order valence-electron chi connectivity index (χ4n) is 2.04. The average Bonchev–Trinajstić information content (AvgIpc) is 2.39. The predicted octanol–water partition coefficient (Wildman–Crippen LogP) is 4.25. The van der Waals surface area contributed by atoms with E-state index >= 15 is 0 Å². The van der Waals surface area contributed by atoms with E-state index < -0.39 is 0 Å². The van der Waals surface area contributed by atoms with Crippen LogP contribution in [0.3, 0.4) is 0 Å². The first-order valence-electron chi connectivity index (χ1n) is 6.85. The van der Waals surface area contributed by atoms with Crippen LogP contribution in [0, 0.1) is 0 Å². The molecular formula is C15H25ClN2. The Bertz CT molecular complexity index is 366. The van der Waals surface area contributed by atoms with Gasteiger partial charge in [-0.05, 0) is 45.0 Å². The molecule has 0 saturated heterocycles. The Morgan fingerprint density at radius 3 is 2.56 bits per heavy atom. The Morgan fingerprint density at radius 2 is 2.06 bits per heavy atom. The Labute approximate surface area is 116 Å². The molecule has 18 heavy (non-hydrogen) atoms. The van der Waals surface area contributed by atoms with Gasteiger partial charge in [0.2, 0.25) is 0 Å². The van der Waals surface area contributed by atoms with Crippen LogP contribution in [0.25, 0.3) is 0 Å². The van der Waals surface area contributed by atoms with Crippen molar-refractivity contribution in [2.75, 3.05) is 25.0 Å². The lowest BCUT2D eigenvalue weighted by Gasteiger charge is -2.24. The zero-order valence-corrected chi connectivity index (χ0v) is 12.7. The van der Waals surface area contributed by atoms with Crippen molar-refractivity contribution in [1.82, 2.24) is 5.32 Å². The number of benzene rings is 1. The van der Waals surface area contributed by atoms with E-state index in [0.29, 0.717) is 0 Å². The van der Waals surface area contributed by atoms with Gasteiger partial charge in [0.1, 0.15) is 0 Å². The van der Waals surface area contributed by atoms with E-state index in [4.69, 9.17) is 11.6 Å². The largest absolute Gasteiger partial charge is 0.372 e. The minimum atomic E-state index is 0.289. The van der Waals surface area contributed by atoms with Gasteiger partial charge in [0.25, 0.3) is 0 Å². The summed E-state index contributed by atoms with van der Waals surface area (Å²) in [6.45, 7) is 8.66. The quantitative estimate of drug-likeness (QED) is 0.795. The van der Waals surface area contributed by atoms with Gasteiger partial charge in [-0.1, -0.05) is 31.0 Å². The monoisotopic (exact) mass is 268 g/mol. The molecule has 0 spiro atoms.